The van der Waals surface area contributed by atoms with Gasteiger partial charge in [0.2, 0.25) is 0 Å². The molecule has 0 spiro atoms. The first kappa shape index (κ1) is 64.4. The van der Waals surface area contributed by atoms with Gasteiger partial charge in [-0.05, 0) is 109 Å². The third kappa shape index (κ3) is 24.4. The average Bonchev–Trinajstić information content (AvgIpc) is 3.33. The average molecular weight is 1290 g/mol. The Morgan fingerprint density at radius 1 is 0.324 bits per heavy atom. The van der Waals surface area contributed by atoms with E-state index in [1.807, 2.05) is 0 Å². The minimum atomic E-state index is -4.90. The number of hydrogen-bond acceptors (Lipinski definition) is 10. The van der Waals surface area contributed by atoms with E-state index in [0.29, 0.717) is 0 Å². The first-order valence-electron chi connectivity index (χ1n) is 21.3. The van der Waals surface area contributed by atoms with E-state index in [9.17, 15) is 0 Å². The summed E-state index contributed by atoms with van der Waals surface area (Å²) in [6.45, 7) is 4.45. The molecule has 0 amide bonds. The van der Waals surface area contributed by atoms with Gasteiger partial charge in [0.1, 0.15) is 46.4 Å². The molecular formula is C52H50Cl4Mn4O12P2. The second-order valence-electron chi connectivity index (χ2n) is 15.3. The molecule has 0 radical (unpaired) electrons. The van der Waals surface area contributed by atoms with E-state index < -0.39 is 63.0 Å². The molecule has 0 atom stereocenters. The Bertz CT molecular complexity index is 2880. The first-order valence-corrected chi connectivity index (χ1v) is 37.6. The Hall–Kier alpha value is -3.90. The van der Waals surface area contributed by atoms with Crippen LogP contribution in [0.2, 0.25) is 0 Å². The van der Waals surface area contributed by atoms with Crippen molar-refractivity contribution >= 4 is 86.7 Å². The van der Waals surface area contributed by atoms with Gasteiger partial charge >= 0.3 is 136 Å². The van der Waals surface area contributed by atoms with Crippen molar-refractivity contribution in [2.45, 2.75) is 26.2 Å². The number of halogens is 4. The second-order valence-corrected chi connectivity index (χ2v) is 32.8. The van der Waals surface area contributed by atoms with E-state index >= 15 is 0 Å². The molecule has 0 saturated carbocycles. The fraction of sp³-hybridized carbons (Fsp3) is 0.0769. The molecule has 0 heterocycles. The van der Waals surface area contributed by atoms with Crippen molar-refractivity contribution in [2.24, 2.45) is 0 Å². The van der Waals surface area contributed by atoms with Crippen LogP contribution < -0.4 is 40.2 Å². The molecule has 0 aliphatic carbocycles. The SMILES string of the molecule is Cc1ccccc1C[P+](c1ccccc1)(c1ccccc1)c1ccccc1.Cc1ccccc1C[P+](c1ccccc1)(c1ccccc1)c1ccccc1.[O]=[Mn](=[O])([O-])[Cl].[O]=[Mn](=[O])([O-])[Cl].[O]=[Mn](=[O])([OH])[Cl].[O]=[Mn](=[O])([OH])[Cl]. The summed E-state index contributed by atoms with van der Waals surface area (Å²) in [6, 6.07) is 84.1. The van der Waals surface area contributed by atoms with Crippen LogP contribution in [0.4, 0.5) is 0 Å². The Labute approximate surface area is 457 Å². The van der Waals surface area contributed by atoms with Gasteiger partial charge in [0.15, 0.2) is 0 Å². The van der Waals surface area contributed by atoms with Crippen molar-refractivity contribution in [3.63, 3.8) is 0 Å². The van der Waals surface area contributed by atoms with Gasteiger partial charge < -0.3 is 0 Å². The Morgan fingerprint density at radius 3 is 0.608 bits per heavy atom. The van der Waals surface area contributed by atoms with Gasteiger partial charge in [-0.25, -0.2) is 0 Å². The van der Waals surface area contributed by atoms with Crippen molar-refractivity contribution in [1.29, 1.82) is 0 Å². The monoisotopic (exact) mass is 1290 g/mol. The zero-order chi connectivity index (χ0) is 55.1. The second kappa shape index (κ2) is 30.7. The van der Waals surface area contributed by atoms with Crippen LogP contribution in [0, 0.1) is 13.8 Å². The molecule has 396 valence electrons. The summed E-state index contributed by atoms with van der Waals surface area (Å²) in [6.07, 6.45) is 2.08. The zero-order valence-electron chi connectivity index (χ0n) is 39.2. The molecule has 74 heavy (non-hydrogen) atoms. The predicted octanol–water partition coefficient (Wildman–Crippen LogP) is 9.28. The Kier molecular flexibility index (Phi) is 26.7. The molecular weight excluding hydrogens is 1240 g/mol. The number of hydrogen-bond donors (Lipinski definition) is 2. The van der Waals surface area contributed by atoms with E-state index in [2.05, 4.69) is 285 Å². The van der Waals surface area contributed by atoms with Crippen LogP contribution >= 0.6 is 54.9 Å². The molecule has 0 bridgehead atoms. The third-order valence-corrected chi connectivity index (χ3v) is 19.2. The van der Waals surface area contributed by atoms with E-state index in [4.69, 9.17) is 47.4 Å². The molecule has 0 saturated heterocycles. The summed E-state index contributed by atoms with van der Waals surface area (Å²) in [7, 11) is 12.6. The number of aryl methyl sites for hydroxylation is 2. The molecule has 12 nitrogen and oxygen atoms in total. The van der Waals surface area contributed by atoms with Gasteiger partial charge in [-0.15, -0.1) is 0 Å². The fourth-order valence-electron chi connectivity index (χ4n) is 7.62. The van der Waals surface area contributed by atoms with Gasteiger partial charge in [0.05, 0.1) is 12.3 Å². The molecule has 0 unspecified atom stereocenters. The van der Waals surface area contributed by atoms with Gasteiger partial charge in [0, 0.05) is 0 Å². The van der Waals surface area contributed by atoms with Gasteiger partial charge in [-0.3, -0.25) is 0 Å². The first-order chi connectivity index (χ1) is 34.6. The van der Waals surface area contributed by atoms with E-state index in [1.54, 1.807) is 0 Å². The van der Waals surface area contributed by atoms with Crippen molar-refractivity contribution in [2.75, 3.05) is 0 Å². The molecule has 8 aromatic carbocycles. The number of benzene rings is 8. The van der Waals surface area contributed by atoms with Crippen LogP contribution in [0.3, 0.4) is 0 Å². The van der Waals surface area contributed by atoms with Crippen LogP contribution in [0.25, 0.3) is 0 Å². The van der Waals surface area contributed by atoms with Crippen LogP contribution in [0.15, 0.2) is 231 Å². The molecule has 8 rings (SSSR count). The van der Waals surface area contributed by atoms with Crippen LogP contribution in [0.5, 0.6) is 0 Å². The molecule has 2 N–H and O–H groups in total. The summed E-state index contributed by atoms with van der Waals surface area (Å²) in [5.74, 6) is 0. The predicted molar refractivity (Wildman–Crippen MR) is 273 cm³/mol. The fourth-order valence-corrected chi connectivity index (χ4v) is 16.3. The standard InChI is InChI=1S/2C26H24P.4ClH.4Mn.2H2O.10O/c2*1-22-13-11-12-14-23(22)21-27(24-15-5-2-6-16-24,25-17-7-3-8-18-25)26-19-9-4-10-20-26;;;;;;;;;;;;;;;;;;;;/h2*2-20H,21H2,1H3;4*1H;;;;;2*1H2;;;;;;;;;;/q2*+1;;;;;2*+1;2*+2;;;;;;;;;;;2*-1/p-6. The quantitative estimate of drug-likeness (QED) is 0.0966. The molecule has 0 aliphatic heterocycles. The minimum absolute atomic E-state index is 1.04. The molecule has 22 heteroatoms. The normalized spacial score (nSPS) is 11.4. The maximum absolute atomic E-state index is 9.01. The summed E-state index contributed by atoms with van der Waals surface area (Å²) in [4.78, 5) is 0. The summed E-state index contributed by atoms with van der Waals surface area (Å²) < 4.78 is 104. The molecule has 0 fully saturated rings. The summed E-state index contributed by atoms with van der Waals surface area (Å²) in [5.41, 5.74) is 5.60. The Morgan fingerprint density at radius 2 is 0.459 bits per heavy atom. The van der Waals surface area contributed by atoms with Crippen LogP contribution in [-0.4, -0.2) is 8.38 Å². The van der Waals surface area contributed by atoms with Crippen molar-refractivity contribution in [3.05, 3.63) is 253 Å². The Balaban J connectivity index is 0.000000287. The maximum atomic E-state index is 9.01. The van der Waals surface area contributed by atoms with Crippen molar-refractivity contribution in [1.82, 2.24) is 0 Å². The van der Waals surface area contributed by atoms with Gasteiger partial charge in [-0.2, -0.15) is 0 Å². The third-order valence-electron chi connectivity index (χ3n) is 10.5. The molecule has 0 aliphatic rings. The van der Waals surface area contributed by atoms with E-state index in [0.717, 1.165) is 12.3 Å². The zero-order valence-corrected chi connectivity index (χ0v) is 48.8. The van der Waals surface area contributed by atoms with E-state index in [1.165, 1.54) is 54.1 Å². The molecule has 8 aromatic rings. The van der Waals surface area contributed by atoms with Crippen LogP contribution in [-0.2, 0) is 91.5 Å². The van der Waals surface area contributed by atoms with Gasteiger partial charge in [-0.1, -0.05) is 158 Å². The topological polar surface area (TPSA) is 223 Å². The summed E-state index contributed by atoms with van der Waals surface area (Å²) in [5, 5.41) is 8.61. The number of rotatable bonds is 10. The van der Waals surface area contributed by atoms with Gasteiger partial charge in [0.25, 0.3) is 0 Å². The van der Waals surface area contributed by atoms with Crippen LogP contribution in [0.1, 0.15) is 22.3 Å². The van der Waals surface area contributed by atoms with E-state index in [-0.39, 0.29) is 0 Å². The van der Waals surface area contributed by atoms with Crippen molar-refractivity contribution in [3.8, 4) is 0 Å². The summed E-state index contributed by atoms with van der Waals surface area (Å²) >= 11 is -19.1. The molecule has 0 aromatic heterocycles. The van der Waals surface area contributed by atoms with Crippen molar-refractivity contribution < 1.29 is 95.9 Å².